The van der Waals surface area contributed by atoms with Crippen LogP contribution in [0.1, 0.15) is 0 Å². The second-order valence-electron chi connectivity index (χ2n) is 7.98. The molecular weight excluding hydrogens is 502 g/mol. The zero-order valence-corrected chi connectivity index (χ0v) is 20.6. The standard InChI is InChI=1S/C24H24BrN5O2S/c1-28-17-22(25)24(27-28)19-8-4-9-20(16-19)30(29-14-12-26-13-15-29)33(31,32)23-11-5-7-18-6-2-3-10-21(18)23/h2-11,16-17,26H,12-15H2,1H3. The van der Waals surface area contributed by atoms with Crippen molar-refractivity contribution < 1.29 is 8.42 Å². The molecule has 9 heteroatoms. The molecule has 0 radical (unpaired) electrons. The van der Waals surface area contributed by atoms with Crippen LogP contribution < -0.4 is 9.73 Å². The van der Waals surface area contributed by atoms with Gasteiger partial charge in [0.2, 0.25) is 0 Å². The number of aromatic nitrogens is 2. The maximum absolute atomic E-state index is 14.2. The summed E-state index contributed by atoms with van der Waals surface area (Å²) in [4.78, 5) is 0.295. The van der Waals surface area contributed by atoms with Crippen molar-refractivity contribution >= 4 is 42.4 Å². The first-order chi connectivity index (χ1) is 15.9. The molecule has 1 N–H and O–H groups in total. The van der Waals surface area contributed by atoms with E-state index in [-0.39, 0.29) is 0 Å². The molecule has 1 aromatic heterocycles. The van der Waals surface area contributed by atoms with Gasteiger partial charge in [-0.05, 0) is 39.5 Å². The van der Waals surface area contributed by atoms with E-state index in [0.717, 1.165) is 21.1 Å². The van der Waals surface area contributed by atoms with Crippen molar-refractivity contribution in [3.8, 4) is 11.3 Å². The Bertz CT molecular complexity index is 1410. The third kappa shape index (κ3) is 4.17. The lowest BCUT2D eigenvalue weighted by Crippen LogP contribution is -2.54. The predicted molar refractivity (Wildman–Crippen MR) is 134 cm³/mol. The summed E-state index contributed by atoms with van der Waals surface area (Å²) in [6, 6.07) is 20.5. The molecule has 5 rings (SSSR count). The Labute approximate surface area is 201 Å². The molecule has 0 bridgehead atoms. The van der Waals surface area contributed by atoms with E-state index in [4.69, 9.17) is 0 Å². The summed E-state index contributed by atoms with van der Waals surface area (Å²) >= 11 is 3.56. The number of anilines is 1. The van der Waals surface area contributed by atoms with Gasteiger partial charge in [0.15, 0.2) is 0 Å². The van der Waals surface area contributed by atoms with Gasteiger partial charge in [-0.25, -0.2) is 5.01 Å². The molecule has 1 fully saturated rings. The van der Waals surface area contributed by atoms with Crippen LogP contribution in [0.3, 0.4) is 0 Å². The first kappa shape index (κ1) is 22.1. The van der Waals surface area contributed by atoms with Gasteiger partial charge >= 0.3 is 0 Å². The maximum Gasteiger partial charge on any atom is 0.278 e. The minimum Gasteiger partial charge on any atom is -0.314 e. The van der Waals surface area contributed by atoms with Gasteiger partial charge in [-0.3, -0.25) is 4.68 Å². The number of nitrogens with zero attached hydrogens (tertiary/aromatic N) is 4. The van der Waals surface area contributed by atoms with Crippen molar-refractivity contribution in [2.24, 2.45) is 7.05 Å². The smallest absolute Gasteiger partial charge is 0.278 e. The first-order valence-corrected chi connectivity index (χ1v) is 13.0. The molecule has 170 valence electrons. The SMILES string of the molecule is Cn1cc(Br)c(-c2cccc(N(N3CCNCC3)S(=O)(=O)c3cccc4ccccc34)c2)n1. The highest BCUT2D eigenvalue weighted by molar-refractivity contribution is 9.10. The molecule has 2 heterocycles. The summed E-state index contributed by atoms with van der Waals surface area (Å²) in [7, 11) is -2.03. The number of hydrogen-bond acceptors (Lipinski definition) is 5. The van der Waals surface area contributed by atoms with E-state index < -0.39 is 10.0 Å². The maximum atomic E-state index is 14.2. The second-order valence-corrected chi connectivity index (χ2v) is 10.6. The first-order valence-electron chi connectivity index (χ1n) is 10.7. The molecule has 1 aliphatic rings. The number of benzene rings is 3. The summed E-state index contributed by atoms with van der Waals surface area (Å²) in [5.74, 6) is 0. The Morgan fingerprint density at radius 1 is 1.00 bits per heavy atom. The number of aryl methyl sites for hydroxylation is 1. The summed E-state index contributed by atoms with van der Waals surface area (Å²) < 4.78 is 32.5. The Kier molecular flexibility index (Phi) is 5.96. The molecule has 7 nitrogen and oxygen atoms in total. The fourth-order valence-electron chi connectivity index (χ4n) is 4.23. The Balaban J connectivity index is 1.67. The Hall–Kier alpha value is -2.72. The zero-order valence-electron chi connectivity index (χ0n) is 18.1. The van der Waals surface area contributed by atoms with E-state index in [1.54, 1.807) is 16.8 Å². The zero-order chi connectivity index (χ0) is 23.0. The minimum absolute atomic E-state index is 0.295. The normalized spacial score (nSPS) is 15.1. The molecule has 0 atom stereocenters. The fraction of sp³-hybridized carbons (Fsp3) is 0.208. The van der Waals surface area contributed by atoms with E-state index in [0.29, 0.717) is 42.1 Å². The molecule has 33 heavy (non-hydrogen) atoms. The average molecular weight is 526 g/mol. The molecule has 1 saturated heterocycles. The van der Waals surface area contributed by atoms with E-state index in [1.165, 1.54) is 4.41 Å². The number of sulfonamides is 1. The van der Waals surface area contributed by atoms with E-state index in [2.05, 4.69) is 26.3 Å². The second kappa shape index (κ2) is 8.90. The van der Waals surface area contributed by atoms with Crippen LogP contribution in [0.4, 0.5) is 5.69 Å². The van der Waals surface area contributed by atoms with Gasteiger partial charge < -0.3 is 5.32 Å². The number of nitrogens with one attached hydrogen (secondary N) is 1. The molecule has 0 amide bonds. The van der Waals surface area contributed by atoms with Crippen molar-refractivity contribution in [1.29, 1.82) is 0 Å². The third-order valence-corrected chi connectivity index (χ3v) is 8.12. The number of hydrogen-bond donors (Lipinski definition) is 1. The average Bonchev–Trinajstić information content (AvgIpc) is 3.17. The van der Waals surface area contributed by atoms with E-state index in [1.807, 2.05) is 72.9 Å². The quantitative estimate of drug-likeness (QED) is 0.426. The van der Waals surface area contributed by atoms with Crippen molar-refractivity contribution in [1.82, 2.24) is 20.1 Å². The molecule has 0 aliphatic carbocycles. The largest absolute Gasteiger partial charge is 0.314 e. The number of fused-ring (bicyclic) bond motifs is 1. The minimum atomic E-state index is -3.89. The summed E-state index contributed by atoms with van der Waals surface area (Å²) in [6.07, 6.45) is 1.88. The van der Waals surface area contributed by atoms with Crippen LogP contribution in [0, 0.1) is 0 Å². The number of hydrazine groups is 1. The van der Waals surface area contributed by atoms with Crippen LogP contribution in [-0.4, -0.2) is 49.4 Å². The van der Waals surface area contributed by atoms with Crippen LogP contribution in [-0.2, 0) is 17.1 Å². The van der Waals surface area contributed by atoms with Gasteiger partial charge in [0.1, 0.15) is 5.69 Å². The molecule has 0 unspecified atom stereocenters. The third-order valence-electron chi connectivity index (χ3n) is 5.73. The van der Waals surface area contributed by atoms with Gasteiger partial charge in [-0.15, -0.1) is 0 Å². The number of piperazine rings is 1. The number of rotatable bonds is 5. The van der Waals surface area contributed by atoms with Crippen LogP contribution in [0.5, 0.6) is 0 Å². The van der Waals surface area contributed by atoms with Crippen molar-refractivity contribution in [3.63, 3.8) is 0 Å². The van der Waals surface area contributed by atoms with Crippen molar-refractivity contribution in [3.05, 3.63) is 77.4 Å². The Morgan fingerprint density at radius 2 is 1.73 bits per heavy atom. The lowest BCUT2D eigenvalue weighted by Gasteiger charge is -2.38. The molecule has 4 aromatic rings. The van der Waals surface area contributed by atoms with Crippen LogP contribution in [0.2, 0.25) is 0 Å². The molecule has 1 aliphatic heterocycles. The number of halogens is 1. The Morgan fingerprint density at radius 3 is 2.48 bits per heavy atom. The van der Waals surface area contributed by atoms with Crippen LogP contribution in [0.15, 0.2) is 82.3 Å². The monoisotopic (exact) mass is 525 g/mol. The van der Waals surface area contributed by atoms with Crippen molar-refractivity contribution in [2.45, 2.75) is 4.90 Å². The van der Waals surface area contributed by atoms with E-state index in [9.17, 15) is 8.42 Å². The molecule has 0 saturated carbocycles. The van der Waals surface area contributed by atoms with Gasteiger partial charge in [-0.2, -0.15) is 17.9 Å². The highest BCUT2D eigenvalue weighted by Crippen LogP contribution is 2.34. The molecule has 3 aromatic carbocycles. The molecular formula is C24H24BrN5O2S. The predicted octanol–water partition coefficient (Wildman–Crippen LogP) is 4.02. The van der Waals surface area contributed by atoms with Crippen molar-refractivity contribution in [2.75, 3.05) is 30.6 Å². The molecule has 0 spiro atoms. The van der Waals surface area contributed by atoms with Gasteiger partial charge in [0.25, 0.3) is 10.0 Å². The van der Waals surface area contributed by atoms with Gasteiger partial charge in [0.05, 0.1) is 15.1 Å². The fourth-order valence-corrected chi connectivity index (χ4v) is 6.59. The summed E-state index contributed by atoms with van der Waals surface area (Å²) in [6.45, 7) is 2.60. The van der Waals surface area contributed by atoms with Crippen LogP contribution >= 0.6 is 15.9 Å². The highest BCUT2D eigenvalue weighted by Gasteiger charge is 2.33. The summed E-state index contributed by atoms with van der Waals surface area (Å²) in [5.41, 5.74) is 2.19. The highest BCUT2D eigenvalue weighted by atomic mass is 79.9. The summed E-state index contributed by atoms with van der Waals surface area (Å²) in [5, 5.41) is 11.3. The topological polar surface area (TPSA) is 70.5 Å². The van der Waals surface area contributed by atoms with E-state index >= 15 is 0 Å². The van der Waals surface area contributed by atoms with Gasteiger partial charge in [0, 0.05) is 50.4 Å². The van der Waals surface area contributed by atoms with Crippen LogP contribution in [0.25, 0.3) is 22.0 Å². The lowest BCUT2D eigenvalue weighted by molar-refractivity contribution is 0.253. The lowest BCUT2D eigenvalue weighted by atomic mass is 10.1. The van der Waals surface area contributed by atoms with Gasteiger partial charge in [-0.1, -0.05) is 48.5 Å².